The molecule has 4 aliphatic heterocycles. The van der Waals surface area contributed by atoms with Gasteiger partial charge in [-0.1, -0.05) is 90.5 Å². The van der Waals surface area contributed by atoms with Crippen LogP contribution in [-0.2, 0) is 32.3 Å². The van der Waals surface area contributed by atoms with Gasteiger partial charge in [0, 0.05) is 57.3 Å². The average molecular weight is 769 g/mol. The molecule has 3 aromatic carbocycles. The number of allylic oxidation sites excluding steroid dienone is 3. The Kier molecular flexibility index (Phi) is 10.3. The van der Waals surface area contributed by atoms with E-state index >= 15 is 0 Å². The van der Waals surface area contributed by atoms with Gasteiger partial charge in [-0.2, -0.15) is 0 Å². The molecule has 10 heteroatoms. The van der Waals surface area contributed by atoms with Crippen LogP contribution in [0.4, 0.5) is 0 Å². The molecule has 0 spiro atoms. The second-order valence-corrected chi connectivity index (χ2v) is 16.9. The monoisotopic (exact) mass is 768 g/mol. The third-order valence-corrected chi connectivity index (χ3v) is 13.8. The molecule has 4 saturated heterocycles. The van der Waals surface area contributed by atoms with Crippen molar-refractivity contribution in [1.82, 2.24) is 19.6 Å². The number of aromatic hydroxyl groups is 1. The van der Waals surface area contributed by atoms with Crippen molar-refractivity contribution in [2.45, 2.75) is 63.7 Å². The second-order valence-electron chi connectivity index (χ2n) is 16.9. The van der Waals surface area contributed by atoms with Gasteiger partial charge in [-0.3, -0.25) is 38.8 Å². The first kappa shape index (κ1) is 37.5. The largest absolute Gasteiger partial charge is 0.504 e. The highest BCUT2D eigenvalue weighted by Crippen LogP contribution is 2.56. The molecule has 0 radical (unpaired) electrons. The molecule has 1 N–H and O–H groups in total. The molecule has 6 atom stereocenters. The molecule has 10 nitrogen and oxygen atoms in total. The molecule has 4 heterocycles. The van der Waals surface area contributed by atoms with Gasteiger partial charge in [0.25, 0.3) is 0 Å². The summed E-state index contributed by atoms with van der Waals surface area (Å²) in [6.45, 7) is 4.91. The number of methoxy groups -OCH3 is 1. The van der Waals surface area contributed by atoms with Gasteiger partial charge in [-0.25, -0.2) is 0 Å². The van der Waals surface area contributed by atoms with Gasteiger partial charge in [0.15, 0.2) is 11.5 Å². The number of hydrogen-bond donors (Lipinski definition) is 1. The fraction of sp³-hybridized carbons (Fsp3) is 0.447. The second kappa shape index (κ2) is 15.7. The number of ether oxygens (including phenoxy) is 1. The highest BCUT2D eigenvalue weighted by atomic mass is 16.5. The highest BCUT2D eigenvalue weighted by Gasteiger charge is 2.62. The van der Waals surface area contributed by atoms with E-state index in [0.717, 1.165) is 76.1 Å². The molecule has 6 unspecified atom stereocenters. The first-order valence-corrected chi connectivity index (χ1v) is 20.8. The maximum Gasteiger partial charge on any atom is 0.234 e. The zero-order chi connectivity index (χ0) is 39.2. The standard InChI is InChI=1S/C47H52N4O6/c1-57-41-26-30(13-17-40(41)52)12-14-36-35-15-16-37-43(47(56)50(44(37)53)33-18-22-48(23-19-33)28-31-8-4-2-5-9-31)38(35)27-39-42(36)46(55)51(45(39)54)34-20-24-49(25-21-34)29-32-10-6-3-7-11-32/h2-15,17,26,33-34,36-39,42-43,52H,16,18-25,27-29H2,1H3. The van der Waals surface area contributed by atoms with Crippen LogP contribution in [0, 0.1) is 35.5 Å². The van der Waals surface area contributed by atoms with E-state index in [0.29, 0.717) is 18.6 Å². The summed E-state index contributed by atoms with van der Waals surface area (Å²) in [6, 6.07) is 25.6. The molecule has 4 amide bonds. The van der Waals surface area contributed by atoms with Gasteiger partial charge in [-0.05, 0) is 73.3 Å². The third kappa shape index (κ3) is 7.01. The molecular weight excluding hydrogens is 717 g/mol. The molecular formula is C47H52N4O6. The van der Waals surface area contributed by atoms with Gasteiger partial charge in [0.2, 0.25) is 23.6 Å². The van der Waals surface area contributed by atoms with Crippen molar-refractivity contribution in [3.05, 3.63) is 113 Å². The van der Waals surface area contributed by atoms with Crippen molar-refractivity contribution >= 4 is 29.7 Å². The van der Waals surface area contributed by atoms with Gasteiger partial charge < -0.3 is 9.84 Å². The van der Waals surface area contributed by atoms with Crippen molar-refractivity contribution in [1.29, 1.82) is 0 Å². The number of phenols is 1. The van der Waals surface area contributed by atoms with Crippen LogP contribution in [0.3, 0.4) is 0 Å². The fourth-order valence-corrected chi connectivity index (χ4v) is 11.0. The van der Waals surface area contributed by atoms with Gasteiger partial charge in [0.1, 0.15) is 0 Å². The molecule has 1 saturated carbocycles. The van der Waals surface area contributed by atoms with Crippen molar-refractivity contribution in [2.75, 3.05) is 33.3 Å². The maximum absolute atomic E-state index is 14.7. The molecule has 2 aliphatic carbocycles. The van der Waals surface area contributed by atoms with Crippen LogP contribution in [0.15, 0.2) is 96.6 Å². The quantitative estimate of drug-likeness (QED) is 0.212. The summed E-state index contributed by atoms with van der Waals surface area (Å²) in [5.41, 5.74) is 4.29. The van der Waals surface area contributed by atoms with E-state index in [2.05, 4.69) is 52.3 Å². The predicted octanol–water partition coefficient (Wildman–Crippen LogP) is 5.91. The normalized spacial score (nSPS) is 28.8. The van der Waals surface area contributed by atoms with E-state index in [1.807, 2.05) is 36.4 Å². The minimum absolute atomic E-state index is 0.0336. The molecule has 3 aromatic rings. The van der Waals surface area contributed by atoms with Crippen LogP contribution >= 0.6 is 0 Å². The number of carbonyl (C=O) groups is 4. The Morgan fingerprint density at radius 1 is 0.667 bits per heavy atom. The Labute approximate surface area is 334 Å². The zero-order valence-electron chi connectivity index (χ0n) is 32.6. The molecule has 57 heavy (non-hydrogen) atoms. The Morgan fingerprint density at radius 2 is 1.21 bits per heavy atom. The minimum Gasteiger partial charge on any atom is -0.504 e. The predicted molar refractivity (Wildman–Crippen MR) is 215 cm³/mol. The summed E-state index contributed by atoms with van der Waals surface area (Å²) < 4.78 is 5.37. The van der Waals surface area contributed by atoms with Gasteiger partial charge in [0.05, 0.1) is 30.8 Å². The van der Waals surface area contributed by atoms with Crippen LogP contribution < -0.4 is 4.74 Å². The van der Waals surface area contributed by atoms with Crippen LogP contribution in [0.25, 0.3) is 6.08 Å². The van der Waals surface area contributed by atoms with Crippen LogP contribution in [-0.4, -0.2) is 93.7 Å². The zero-order valence-corrected chi connectivity index (χ0v) is 32.6. The van der Waals surface area contributed by atoms with E-state index in [1.165, 1.54) is 18.2 Å². The number of likely N-dealkylation sites (tertiary alicyclic amines) is 4. The first-order chi connectivity index (χ1) is 27.8. The van der Waals surface area contributed by atoms with Crippen molar-refractivity contribution in [3.63, 3.8) is 0 Å². The number of fused-ring (bicyclic) bond motifs is 4. The van der Waals surface area contributed by atoms with E-state index in [9.17, 15) is 24.3 Å². The SMILES string of the molecule is COc1cc(C=CC2C3=CCC4C(=O)N(C5CCN(Cc6ccccc6)CC5)C(=O)C4C3CC3C(=O)N(C4CCN(Cc5ccccc5)CC4)C(=O)C23)ccc1O. The lowest BCUT2D eigenvalue weighted by molar-refractivity contribution is -0.146. The number of amides is 4. The van der Waals surface area contributed by atoms with E-state index < -0.39 is 29.6 Å². The van der Waals surface area contributed by atoms with Crippen molar-refractivity contribution < 1.29 is 29.0 Å². The van der Waals surface area contributed by atoms with Gasteiger partial charge >= 0.3 is 0 Å². The molecule has 5 fully saturated rings. The third-order valence-electron chi connectivity index (χ3n) is 13.8. The number of rotatable bonds is 9. The summed E-state index contributed by atoms with van der Waals surface area (Å²) in [5.74, 6) is -2.91. The number of nitrogens with zero attached hydrogens (tertiary/aromatic N) is 4. The summed E-state index contributed by atoms with van der Waals surface area (Å²) >= 11 is 0. The minimum atomic E-state index is -0.577. The Bertz CT molecular complexity index is 2070. The van der Waals surface area contributed by atoms with E-state index in [1.54, 1.807) is 28.0 Å². The Hall–Kier alpha value is -5.06. The lowest BCUT2D eigenvalue weighted by Gasteiger charge is -2.43. The topological polar surface area (TPSA) is 111 Å². The lowest BCUT2D eigenvalue weighted by atomic mass is 9.58. The number of hydrogen-bond acceptors (Lipinski definition) is 8. The molecule has 296 valence electrons. The summed E-state index contributed by atoms with van der Waals surface area (Å²) in [5, 5.41) is 10.2. The maximum atomic E-state index is 14.7. The van der Waals surface area contributed by atoms with Crippen LogP contribution in [0.1, 0.15) is 55.2 Å². The number of piperidine rings is 2. The Balaban J connectivity index is 0.964. The molecule has 6 aliphatic rings. The van der Waals surface area contributed by atoms with Crippen molar-refractivity contribution in [2.24, 2.45) is 35.5 Å². The van der Waals surface area contributed by atoms with Crippen LogP contribution in [0.2, 0.25) is 0 Å². The smallest absolute Gasteiger partial charge is 0.234 e. The molecule has 0 aromatic heterocycles. The van der Waals surface area contributed by atoms with Crippen LogP contribution in [0.5, 0.6) is 11.5 Å². The number of phenolic OH excluding ortho intramolecular Hbond substituents is 1. The van der Waals surface area contributed by atoms with E-state index in [-0.39, 0.29) is 47.4 Å². The number of imide groups is 2. The van der Waals surface area contributed by atoms with Gasteiger partial charge in [-0.15, -0.1) is 0 Å². The van der Waals surface area contributed by atoms with Crippen molar-refractivity contribution in [3.8, 4) is 11.5 Å². The number of carbonyl (C=O) groups excluding carboxylic acids is 4. The van der Waals surface area contributed by atoms with E-state index in [4.69, 9.17) is 4.74 Å². The first-order valence-electron chi connectivity index (χ1n) is 20.8. The Morgan fingerprint density at radius 3 is 1.77 bits per heavy atom. The highest BCUT2D eigenvalue weighted by molar-refractivity contribution is 6.08. The molecule has 0 bridgehead atoms. The summed E-state index contributed by atoms with van der Waals surface area (Å²) in [7, 11) is 1.50. The number of benzene rings is 3. The molecule has 9 rings (SSSR count). The fourth-order valence-electron chi connectivity index (χ4n) is 11.0. The summed E-state index contributed by atoms with van der Waals surface area (Å²) in [6.07, 6.45) is 9.84. The average Bonchev–Trinajstić information content (AvgIpc) is 3.64. The summed E-state index contributed by atoms with van der Waals surface area (Å²) in [4.78, 5) is 66.0. The lowest BCUT2D eigenvalue weighted by Crippen LogP contribution is -2.48.